The quantitative estimate of drug-likeness (QED) is 0.577. The standard InChI is InChI=1S/C21H26N4O4S2/c22-13-21(7-1-2-8-21)25-19(27)11-31(28,29)12-20-24-17(10-30-20)15-3-5-16-14(9-15)4-6-18(26)23-16/h3,5,9-10H,1-2,4,6-8,11-13,22H2,(H,23,26)(H,25,27). The van der Waals surface area contributed by atoms with Gasteiger partial charge in [0, 0.05) is 29.6 Å². The van der Waals surface area contributed by atoms with E-state index in [9.17, 15) is 18.0 Å². The van der Waals surface area contributed by atoms with Crippen LogP contribution in [-0.2, 0) is 31.6 Å². The molecule has 1 fully saturated rings. The van der Waals surface area contributed by atoms with Crippen LogP contribution in [0.1, 0.15) is 42.7 Å². The Morgan fingerprint density at radius 3 is 2.77 bits per heavy atom. The van der Waals surface area contributed by atoms with Crippen molar-refractivity contribution in [1.82, 2.24) is 10.3 Å². The number of thiazole rings is 1. The second-order valence-corrected chi connectivity index (χ2v) is 11.3. The fourth-order valence-electron chi connectivity index (χ4n) is 4.26. The van der Waals surface area contributed by atoms with Gasteiger partial charge in [0.1, 0.15) is 16.5 Å². The molecule has 1 aromatic carbocycles. The summed E-state index contributed by atoms with van der Waals surface area (Å²) in [4.78, 5) is 28.3. The minimum atomic E-state index is -3.65. The number of carbonyl (C=O) groups excluding carboxylic acids is 2. The van der Waals surface area contributed by atoms with Crippen molar-refractivity contribution in [3.05, 3.63) is 34.2 Å². The van der Waals surface area contributed by atoms with Crippen molar-refractivity contribution in [2.45, 2.75) is 49.8 Å². The van der Waals surface area contributed by atoms with E-state index in [-0.39, 0.29) is 11.7 Å². The normalized spacial score (nSPS) is 17.8. The first kappa shape index (κ1) is 21.9. The van der Waals surface area contributed by atoms with Gasteiger partial charge in [0.05, 0.1) is 11.2 Å². The molecule has 1 aromatic heterocycles. The van der Waals surface area contributed by atoms with E-state index < -0.39 is 27.0 Å². The number of aryl methyl sites for hydroxylation is 1. The third-order valence-electron chi connectivity index (χ3n) is 5.90. The number of nitrogens with one attached hydrogen (secondary N) is 2. The van der Waals surface area contributed by atoms with Gasteiger partial charge in [0.2, 0.25) is 11.8 Å². The number of nitrogens with zero attached hydrogens (tertiary/aromatic N) is 1. The second-order valence-electron chi connectivity index (χ2n) is 8.32. The molecular formula is C21H26N4O4S2. The van der Waals surface area contributed by atoms with Gasteiger partial charge in [-0.1, -0.05) is 18.9 Å². The van der Waals surface area contributed by atoms with Crippen molar-refractivity contribution in [3.63, 3.8) is 0 Å². The molecule has 0 bridgehead atoms. The number of sulfone groups is 1. The number of benzene rings is 1. The SMILES string of the molecule is NCC1(NC(=O)CS(=O)(=O)Cc2nc(-c3ccc4c(c3)CCC(=O)N4)cs2)CCCC1. The van der Waals surface area contributed by atoms with Gasteiger partial charge in [-0.05, 0) is 37.0 Å². The maximum Gasteiger partial charge on any atom is 0.235 e. The van der Waals surface area contributed by atoms with Gasteiger partial charge in [0.25, 0.3) is 0 Å². The maximum absolute atomic E-state index is 12.6. The second kappa shape index (κ2) is 8.68. The molecule has 1 aliphatic carbocycles. The van der Waals surface area contributed by atoms with E-state index in [0.717, 1.165) is 42.5 Å². The average molecular weight is 463 g/mol. The molecule has 4 rings (SSSR count). The van der Waals surface area contributed by atoms with E-state index in [1.807, 2.05) is 23.6 Å². The molecule has 2 heterocycles. The lowest BCUT2D eigenvalue weighted by atomic mass is 9.98. The number of aromatic nitrogens is 1. The van der Waals surface area contributed by atoms with Crippen LogP contribution in [0.3, 0.4) is 0 Å². The lowest BCUT2D eigenvalue weighted by Gasteiger charge is -2.28. The number of carbonyl (C=O) groups is 2. The van der Waals surface area contributed by atoms with Crippen molar-refractivity contribution >= 4 is 38.7 Å². The van der Waals surface area contributed by atoms with E-state index in [2.05, 4.69) is 15.6 Å². The Labute approximate surface area is 185 Å². The fourth-order valence-corrected chi connectivity index (χ4v) is 6.67. The number of nitrogens with two attached hydrogens (primary N) is 1. The van der Waals surface area contributed by atoms with Crippen LogP contribution in [-0.4, -0.2) is 43.1 Å². The number of anilines is 1. The molecule has 31 heavy (non-hydrogen) atoms. The Morgan fingerprint density at radius 2 is 2.03 bits per heavy atom. The molecule has 2 aromatic rings. The highest BCUT2D eigenvalue weighted by atomic mass is 32.2. The summed E-state index contributed by atoms with van der Waals surface area (Å²) in [5.41, 5.74) is 8.76. The molecule has 2 amide bonds. The van der Waals surface area contributed by atoms with Gasteiger partial charge in [-0.2, -0.15) is 0 Å². The molecule has 8 nitrogen and oxygen atoms in total. The van der Waals surface area contributed by atoms with Gasteiger partial charge in [-0.3, -0.25) is 9.59 Å². The highest BCUT2D eigenvalue weighted by Gasteiger charge is 2.34. The molecular weight excluding hydrogens is 436 g/mol. The Bertz CT molecular complexity index is 1100. The molecule has 0 spiro atoms. The number of hydrogen-bond donors (Lipinski definition) is 3. The Kier molecular flexibility index (Phi) is 6.14. The lowest BCUT2D eigenvalue weighted by molar-refractivity contribution is -0.120. The van der Waals surface area contributed by atoms with Crippen LogP contribution < -0.4 is 16.4 Å². The molecule has 0 radical (unpaired) electrons. The highest BCUT2D eigenvalue weighted by molar-refractivity contribution is 7.91. The Hall–Kier alpha value is -2.30. The number of hydrogen-bond acceptors (Lipinski definition) is 7. The molecule has 0 atom stereocenters. The zero-order chi connectivity index (χ0) is 22.1. The smallest absolute Gasteiger partial charge is 0.235 e. The molecule has 1 aliphatic heterocycles. The fraction of sp³-hybridized carbons (Fsp3) is 0.476. The van der Waals surface area contributed by atoms with Gasteiger partial charge in [-0.15, -0.1) is 11.3 Å². The first-order valence-electron chi connectivity index (χ1n) is 10.4. The van der Waals surface area contributed by atoms with Crippen molar-refractivity contribution in [2.24, 2.45) is 5.73 Å². The summed E-state index contributed by atoms with van der Waals surface area (Å²) in [6.45, 7) is 0.319. The van der Waals surface area contributed by atoms with E-state index in [4.69, 9.17) is 5.73 Å². The van der Waals surface area contributed by atoms with E-state index in [1.54, 1.807) is 0 Å². The number of amides is 2. The van der Waals surface area contributed by atoms with Gasteiger partial charge in [0.15, 0.2) is 9.84 Å². The number of rotatable bonds is 7. The van der Waals surface area contributed by atoms with Crippen molar-refractivity contribution < 1.29 is 18.0 Å². The van der Waals surface area contributed by atoms with Gasteiger partial charge >= 0.3 is 0 Å². The van der Waals surface area contributed by atoms with Gasteiger partial charge in [-0.25, -0.2) is 13.4 Å². The van der Waals surface area contributed by atoms with Crippen LogP contribution in [0.5, 0.6) is 0 Å². The molecule has 0 saturated heterocycles. The predicted molar refractivity (Wildman–Crippen MR) is 120 cm³/mol. The largest absolute Gasteiger partial charge is 0.349 e. The van der Waals surface area contributed by atoms with Crippen LogP contribution >= 0.6 is 11.3 Å². The van der Waals surface area contributed by atoms with Crippen LogP contribution in [0.4, 0.5) is 5.69 Å². The van der Waals surface area contributed by atoms with Crippen LogP contribution in [0.2, 0.25) is 0 Å². The monoisotopic (exact) mass is 462 g/mol. The van der Waals surface area contributed by atoms with E-state index in [1.165, 1.54) is 11.3 Å². The summed E-state index contributed by atoms with van der Waals surface area (Å²) < 4.78 is 25.2. The van der Waals surface area contributed by atoms with E-state index >= 15 is 0 Å². The zero-order valence-corrected chi connectivity index (χ0v) is 18.8. The summed E-state index contributed by atoms with van der Waals surface area (Å²) in [5, 5.41) is 7.96. The molecule has 1 saturated carbocycles. The summed E-state index contributed by atoms with van der Waals surface area (Å²) in [7, 11) is -3.65. The van der Waals surface area contributed by atoms with Gasteiger partial charge < -0.3 is 16.4 Å². The van der Waals surface area contributed by atoms with Crippen molar-refractivity contribution in [3.8, 4) is 11.3 Å². The molecule has 166 valence electrons. The van der Waals surface area contributed by atoms with Crippen molar-refractivity contribution in [2.75, 3.05) is 17.6 Å². The lowest BCUT2D eigenvalue weighted by Crippen LogP contribution is -2.53. The zero-order valence-electron chi connectivity index (χ0n) is 17.1. The van der Waals surface area contributed by atoms with Crippen molar-refractivity contribution in [1.29, 1.82) is 0 Å². The highest BCUT2D eigenvalue weighted by Crippen LogP contribution is 2.30. The third-order valence-corrected chi connectivity index (χ3v) is 8.35. The first-order chi connectivity index (χ1) is 14.8. The number of fused-ring (bicyclic) bond motifs is 1. The summed E-state index contributed by atoms with van der Waals surface area (Å²) in [6, 6.07) is 5.68. The van der Waals surface area contributed by atoms with Crippen LogP contribution in [0, 0.1) is 0 Å². The Morgan fingerprint density at radius 1 is 1.26 bits per heavy atom. The molecule has 0 unspecified atom stereocenters. The Balaban J connectivity index is 1.41. The third kappa shape index (κ3) is 5.13. The molecule has 4 N–H and O–H groups in total. The minimum absolute atomic E-state index is 0.00996. The van der Waals surface area contributed by atoms with Crippen LogP contribution in [0.15, 0.2) is 23.6 Å². The summed E-state index contributed by atoms with van der Waals surface area (Å²) in [5.74, 6) is -1.33. The first-order valence-corrected chi connectivity index (χ1v) is 13.1. The topological polar surface area (TPSA) is 131 Å². The predicted octanol–water partition coefficient (Wildman–Crippen LogP) is 2.00. The minimum Gasteiger partial charge on any atom is -0.349 e. The summed E-state index contributed by atoms with van der Waals surface area (Å²) >= 11 is 1.26. The van der Waals surface area contributed by atoms with Crippen LogP contribution in [0.25, 0.3) is 11.3 Å². The molecule has 2 aliphatic rings. The van der Waals surface area contributed by atoms with E-state index in [0.29, 0.717) is 30.1 Å². The molecule has 10 heteroatoms. The average Bonchev–Trinajstić information content (AvgIpc) is 3.36. The maximum atomic E-state index is 12.6. The summed E-state index contributed by atoms with van der Waals surface area (Å²) in [6.07, 6.45) is 4.66.